The smallest absolute Gasteiger partial charge is 0.0117 e. The average molecular weight is 122 g/mol. The first kappa shape index (κ1) is 6.68. The molecule has 0 aromatic heterocycles. The third-order valence-electron chi connectivity index (χ3n) is 2.04. The van der Waals surface area contributed by atoms with Crippen LogP contribution in [0.25, 0.3) is 0 Å². The fourth-order valence-electron chi connectivity index (χ4n) is 1.46. The highest BCUT2D eigenvalue weighted by Gasteiger charge is 2.12. The summed E-state index contributed by atoms with van der Waals surface area (Å²) in [7, 11) is 0. The molecular weight excluding hydrogens is 108 g/mol. The van der Waals surface area contributed by atoms with E-state index >= 15 is 0 Å². The summed E-state index contributed by atoms with van der Waals surface area (Å²) in [5.41, 5.74) is 0. The first-order valence-corrected chi connectivity index (χ1v) is 3.83. The molecule has 0 amide bonds. The van der Waals surface area contributed by atoms with E-state index in [0.717, 1.165) is 12.3 Å². The van der Waals surface area contributed by atoms with Crippen molar-refractivity contribution in [3.63, 3.8) is 0 Å². The van der Waals surface area contributed by atoms with Gasteiger partial charge in [-0.05, 0) is 25.7 Å². The Hall–Kier alpha value is -0.440. The minimum absolute atomic E-state index is 0.942. The minimum atomic E-state index is 0.942. The van der Waals surface area contributed by atoms with Crippen molar-refractivity contribution in [2.24, 2.45) is 5.92 Å². The Bertz CT molecular complexity index is 119. The molecule has 1 aliphatic rings. The van der Waals surface area contributed by atoms with Crippen molar-refractivity contribution in [3.8, 4) is 11.8 Å². The Labute approximate surface area is 57.7 Å². The molecule has 1 rings (SSSR count). The highest BCUT2D eigenvalue weighted by Crippen LogP contribution is 2.26. The predicted molar refractivity (Wildman–Crippen MR) is 40.0 cm³/mol. The molecule has 0 nitrogen and oxygen atoms in total. The topological polar surface area (TPSA) is 0 Å². The van der Waals surface area contributed by atoms with Gasteiger partial charge >= 0.3 is 0 Å². The van der Waals surface area contributed by atoms with Gasteiger partial charge in [-0.1, -0.05) is 12.8 Å². The van der Waals surface area contributed by atoms with E-state index in [4.69, 9.17) is 0 Å². The second-order valence-electron chi connectivity index (χ2n) is 2.78. The summed E-state index contributed by atoms with van der Waals surface area (Å²) in [6, 6.07) is 0. The first-order chi connectivity index (χ1) is 4.43. The van der Waals surface area contributed by atoms with Crippen LogP contribution in [0.2, 0.25) is 0 Å². The molecule has 0 radical (unpaired) electrons. The van der Waals surface area contributed by atoms with Crippen molar-refractivity contribution in [3.05, 3.63) is 0 Å². The van der Waals surface area contributed by atoms with Gasteiger partial charge in [0, 0.05) is 6.42 Å². The lowest BCUT2D eigenvalue weighted by Gasteiger charge is -1.99. The summed E-state index contributed by atoms with van der Waals surface area (Å²) in [6.45, 7) is 1.93. The Morgan fingerprint density at radius 1 is 1.33 bits per heavy atom. The molecule has 0 heteroatoms. The molecule has 0 aromatic rings. The van der Waals surface area contributed by atoms with Crippen LogP contribution in [0.4, 0.5) is 0 Å². The maximum atomic E-state index is 3.14. The molecule has 0 aliphatic heterocycles. The van der Waals surface area contributed by atoms with Gasteiger partial charge in [-0.15, -0.1) is 11.8 Å². The van der Waals surface area contributed by atoms with Crippen molar-refractivity contribution in [2.75, 3.05) is 0 Å². The largest absolute Gasteiger partial charge is 0.107 e. The van der Waals surface area contributed by atoms with E-state index in [0.29, 0.717) is 0 Å². The van der Waals surface area contributed by atoms with Gasteiger partial charge in [0.15, 0.2) is 0 Å². The lowest BCUT2D eigenvalue weighted by molar-refractivity contribution is 0.566. The SMILES string of the molecule is CC#CCC1CCCC1. The summed E-state index contributed by atoms with van der Waals surface area (Å²) in [5.74, 6) is 7.03. The first-order valence-electron chi connectivity index (χ1n) is 3.83. The van der Waals surface area contributed by atoms with Crippen molar-refractivity contribution in [2.45, 2.75) is 39.0 Å². The van der Waals surface area contributed by atoms with Crippen LogP contribution in [0.1, 0.15) is 39.0 Å². The van der Waals surface area contributed by atoms with Crippen molar-refractivity contribution < 1.29 is 0 Å². The maximum Gasteiger partial charge on any atom is 0.0117 e. The van der Waals surface area contributed by atoms with E-state index in [1.165, 1.54) is 25.7 Å². The zero-order chi connectivity index (χ0) is 6.53. The molecule has 9 heavy (non-hydrogen) atoms. The quantitative estimate of drug-likeness (QED) is 0.469. The zero-order valence-electron chi connectivity index (χ0n) is 6.11. The Balaban J connectivity index is 2.16. The monoisotopic (exact) mass is 122 g/mol. The molecule has 0 saturated heterocycles. The standard InChI is InChI=1S/C9H14/c1-2-3-6-9-7-4-5-8-9/h9H,4-8H2,1H3. The molecule has 0 spiro atoms. The fraction of sp³-hybridized carbons (Fsp3) is 0.778. The summed E-state index contributed by atoms with van der Waals surface area (Å²) in [4.78, 5) is 0. The third kappa shape index (κ3) is 2.10. The lowest BCUT2D eigenvalue weighted by Crippen LogP contribution is -1.88. The van der Waals surface area contributed by atoms with E-state index in [1.54, 1.807) is 0 Å². The van der Waals surface area contributed by atoms with Crippen molar-refractivity contribution in [1.82, 2.24) is 0 Å². The molecule has 0 atom stereocenters. The molecule has 0 aromatic carbocycles. The summed E-state index contributed by atoms with van der Waals surface area (Å²) >= 11 is 0. The summed E-state index contributed by atoms with van der Waals surface area (Å²) < 4.78 is 0. The van der Waals surface area contributed by atoms with E-state index in [-0.39, 0.29) is 0 Å². The fourth-order valence-corrected chi connectivity index (χ4v) is 1.46. The predicted octanol–water partition coefficient (Wildman–Crippen LogP) is 2.59. The van der Waals surface area contributed by atoms with E-state index in [9.17, 15) is 0 Å². The van der Waals surface area contributed by atoms with E-state index in [2.05, 4.69) is 11.8 Å². The second kappa shape index (κ2) is 3.56. The van der Waals surface area contributed by atoms with E-state index < -0.39 is 0 Å². The average Bonchev–Trinajstić information content (AvgIpc) is 2.34. The van der Waals surface area contributed by atoms with Crippen LogP contribution in [0, 0.1) is 17.8 Å². The molecule has 1 aliphatic carbocycles. The molecule has 0 unspecified atom stereocenters. The Kier molecular flexibility index (Phi) is 2.64. The van der Waals surface area contributed by atoms with Gasteiger partial charge in [0.1, 0.15) is 0 Å². The maximum absolute atomic E-state index is 3.14. The lowest BCUT2D eigenvalue weighted by atomic mass is 10.1. The van der Waals surface area contributed by atoms with Crippen LogP contribution in [0.15, 0.2) is 0 Å². The van der Waals surface area contributed by atoms with Gasteiger partial charge in [-0.2, -0.15) is 0 Å². The van der Waals surface area contributed by atoms with E-state index in [1.807, 2.05) is 6.92 Å². The van der Waals surface area contributed by atoms with Gasteiger partial charge in [0.2, 0.25) is 0 Å². The molecule has 0 bridgehead atoms. The molecule has 0 heterocycles. The molecular formula is C9H14. The number of rotatable bonds is 1. The van der Waals surface area contributed by atoms with Gasteiger partial charge in [0.05, 0.1) is 0 Å². The van der Waals surface area contributed by atoms with Crippen LogP contribution in [0.5, 0.6) is 0 Å². The summed E-state index contributed by atoms with van der Waals surface area (Å²) in [5, 5.41) is 0. The van der Waals surface area contributed by atoms with Crippen LogP contribution in [0.3, 0.4) is 0 Å². The second-order valence-corrected chi connectivity index (χ2v) is 2.78. The highest BCUT2D eigenvalue weighted by molar-refractivity contribution is 4.96. The minimum Gasteiger partial charge on any atom is -0.107 e. The Morgan fingerprint density at radius 2 is 2.00 bits per heavy atom. The number of hydrogen-bond donors (Lipinski definition) is 0. The van der Waals surface area contributed by atoms with Crippen molar-refractivity contribution in [1.29, 1.82) is 0 Å². The number of hydrogen-bond acceptors (Lipinski definition) is 0. The van der Waals surface area contributed by atoms with Crippen LogP contribution >= 0.6 is 0 Å². The zero-order valence-corrected chi connectivity index (χ0v) is 6.11. The highest BCUT2D eigenvalue weighted by atomic mass is 14.2. The molecule has 1 saturated carbocycles. The van der Waals surface area contributed by atoms with Gasteiger partial charge in [0.25, 0.3) is 0 Å². The van der Waals surface area contributed by atoms with Crippen LogP contribution in [-0.2, 0) is 0 Å². The van der Waals surface area contributed by atoms with Gasteiger partial charge < -0.3 is 0 Å². The molecule has 0 N–H and O–H groups in total. The van der Waals surface area contributed by atoms with Gasteiger partial charge in [-0.25, -0.2) is 0 Å². The van der Waals surface area contributed by atoms with Crippen LogP contribution in [-0.4, -0.2) is 0 Å². The Morgan fingerprint density at radius 3 is 2.56 bits per heavy atom. The molecule has 1 fully saturated rings. The summed E-state index contributed by atoms with van der Waals surface area (Å²) in [6.07, 6.45) is 6.88. The van der Waals surface area contributed by atoms with Gasteiger partial charge in [-0.3, -0.25) is 0 Å². The normalized spacial score (nSPS) is 19.2. The third-order valence-corrected chi connectivity index (χ3v) is 2.04. The molecule has 50 valence electrons. The van der Waals surface area contributed by atoms with Crippen molar-refractivity contribution >= 4 is 0 Å². The van der Waals surface area contributed by atoms with Crippen LogP contribution < -0.4 is 0 Å².